The van der Waals surface area contributed by atoms with Gasteiger partial charge in [-0.2, -0.15) is 0 Å². The number of hydrogen-bond donors (Lipinski definition) is 3. The van der Waals surface area contributed by atoms with Gasteiger partial charge in [0, 0.05) is 5.41 Å². The molecule has 3 N–H and O–H groups in total. The largest absolute Gasteiger partial charge is 0.508 e. The number of phenols is 1. The lowest BCUT2D eigenvalue weighted by atomic mass is 9.60. The molecule has 0 aliphatic heterocycles. The fraction of sp³-hybridized carbons (Fsp3) is 0.556. The maximum Gasteiger partial charge on any atom is 0.115 e. The molecule has 1 aromatic rings. The van der Waals surface area contributed by atoms with Crippen molar-refractivity contribution in [3.05, 3.63) is 35.4 Å². The average Bonchev–Trinajstić information content (AvgIpc) is 2.70. The predicted molar refractivity (Wildman–Crippen MR) is 80.7 cm³/mol. The van der Waals surface area contributed by atoms with Crippen molar-refractivity contribution in [3.8, 4) is 5.75 Å². The van der Waals surface area contributed by atoms with Crippen molar-refractivity contribution in [2.24, 2.45) is 17.3 Å². The van der Waals surface area contributed by atoms with Gasteiger partial charge in [0.25, 0.3) is 0 Å². The quantitative estimate of drug-likeness (QED) is 0.686. The molecule has 3 aliphatic carbocycles. The number of aryl methyl sites for hydroxylation is 1. The van der Waals surface area contributed by atoms with Crippen LogP contribution in [0.3, 0.4) is 0 Å². The Labute approximate surface area is 124 Å². The van der Waals surface area contributed by atoms with Crippen molar-refractivity contribution in [1.29, 1.82) is 0 Å². The molecule has 1 fully saturated rings. The van der Waals surface area contributed by atoms with Gasteiger partial charge in [0.1, 0.15) is 5.75 Å². The highest BCUT2D eigenvalue weighted by Crippen LogP contribution is 2.58. The van der Waals surface area contributed by atoms with E-state index in [9.17, 15) is 15.3 Å². The van der Waals surface area contributed by atoms with E-state index in [1.807, 2.05) is 12.1 Å². The zero-order chi connectivity index (χ0) is 14.8. The van der Waals surface area contributed by atoms with Crippen LogP contribution in [0.4, 0.5) is 0 Å². The molecule has 3 aliphatic rings. The molecular weight excluding hydrogens is 264 g/mol. The first-order valence-corrected chi connectivity index (χ1v) is 7.89. The summed E-state index contributed by atoms with van der Waals surface area (Å²) in [5, 5.41) is 30.1. The van der Waals surface area contributed by atoms with Crippen LogP contribution in [0.2, 0.25) is 0 Å². The number of rotatable bonds is 0. The van der Waals surface area contributed by atoms with E-state index in [1.54, 1.807) is 6.07 Å². The average molecular weight is 286 g/mol. The van der Waals surface area contributed by atoms with Gasteiger partial charge in [0.15, 0.2) is 0 Å². The standard InChI is InChI=1S/C18H22O3/c1-18-7-6-13-12-5-3-11(19)8-10(12)2-4-14(13)15(18)9-16(20)17(18)21/h3,5-6,8,14-17,19-21H,2,4,7,9H2,1H3/t14-,15+,16-,17+,18+/m1/s1. The maximum atomic E-state index is 10.4. The van der Waals surface area contributed by atoms with Crippen molar-refractivity contribution in [1.82, 2.24) is 0 Å². The second kappa shape index (κ2) is 4.34. The number of allylic oxidation sites excluding steroid dienone is 2. The smallest absolute Gasteiger partial charge is 0.115 e. The molecule has 3 nitrogen and oxygen atoms in total. The van der Waals surface area contributed by atoms with Crippen molar-refractivity contribution >= 4 is 5.57 Å². The maximum absolute atomic E-state index is 10.4. The van der Waals surface area contributed by atoms with Gasteiger partial charge in [-0.3, -0.25) is 0 Å². The Bertz CT molecular complexity index is 621. The van der Waals surface area contributed by atoms with Crippen LogP contribution in [0.15, 0.2) is 24.3 Å². The fourth-order valence-electron chi connectivity index (χ4n) is 4.96. The summed E-state index contributed by atoms with van der Waals surface area (Å²) in [5.74, 6) is 1.11. The monoisotopic (exact) mass is 286 g/mol. The molecule has 0 amide bonds. The molecule has 3 heteroatoms. The molecule has 5 atom stereocenters. The van der Waals surface area contributed by atoms with E-state index >= 15 is 0 Å². The first-order valence-electron chi connectivity index (χ1n) is 7.89. The first kappa shape index (κ1) is 13.4. The summed E-state index contributed by atoms with van der Waals surface area (Å²) in [5.41, 5.74) is 3.64. The highest BCUT2D eigenvalue weighted by Gasteiger charge is 2.55. The Balaban J connectivity index is 1.78. The Morgan fingerprint density at radius 1 is 1.24 bits per heavy atom. The molecule has 4 rings (SSSR count). The Morgan fingerprint density at radius 3 is 2.86 bits per heavy atom. The third-order valence-corrected chi connectivity index (χ3v) is 6.15. The number of phenolic OH excluding ortho intramolecular Hbond substituents is 1. The summed E-state index contributed by atoms with van der Waals surface area (Å²) in [6, 6.07) is 5.65. The van der Waals surface area contributed by atoms with Crippen LogP contribution in [0.5, 0.6) is 5.75 Å². The first-order chi connectivity index (χ1) is 10.0. The van der Waals surface area contributed by atoms with E-state index in [0.29, 0.717) is 24.0 Å². The zero-order valence-corrected chi connectivity index (χ0v) is 12.3. The van der Waals surface area contributed by atoms with Crippen molar-refractivity contribution in [3.63, 3.8) is 0 Å². The van der Waals surface area contributed by atoms with Gasteiger partial charge in [0.2, 0.25) is 0 Å². The molecule has 0 saturated heterocycles. The number of fused-ring (bicyclic) bond motifs is 5. The summed E-state index contributed by atoms with van der Waals surface area (Å²) in [7, 11) is 0. The van der Waals surface area contributed by atoms with Crippen LogP contribution in [-0.2, 0) is 6.42 Å². The van der Waals surface area contributed by atoms with Gasteiger partial charge >= 0.3 is 0 Å². The van der Waals surface area contributed by atoms with E-state index in [1.165, 1.54) is 16.7 Å². The molecular formula is C18H22O3. The van der Waals surface area contributed by atoms with Crippen LogP contribution in [0.1, 0.15) is 37.3 Å². The number of hydrogen-bond acceptors (Lipinski definition) is 3. The van der Waals surface area contributed by atoms with Gasteiger partial charge < -0.3 is 15.3 Å². The molecule has 1 saturated carbocycles. The Morgan fingerprint density at radius 2 is 2.05 bits per heavy atom. The van der Waals surface area contributed by atoms with Crippen molar-refractivity contribution in [2.75, 3.05) is 0 Å². The van der Waals surface area contributed by atoms with E-state index in [-0.39, 0.29) is 5.41 Å². The van der Waals surface area contributed by atoms with Crippen molar-refractivity contribution < 1.29 is 15.3 Å². The Kier molecular flexibility index (Phi) is 2.76. The molecule has 0 heterocycles. The SMILES string of the molecule is C[C@]12CC=C3c4ccc(O)cc4CC[C@H]3[C@@H]1C[C@@H](O)[C@@H]2O. The van der Waals surface area contributed by atoms with E-state index in [4.69, 9.17) is 0 Å². The highest BCUT2D eigenvalue weighted by atomic mass is 16.3. The molecule has 0 aromatic heterocycles. The molecule has 0 unspecified atom stereocenters. The Hall–Kier alpha value is -1.32. The summed E-state index contributed by atoms with van der Waals surface area (Å²) in [6.07, 6.45) is 4.59. The van der Waals surface area contributed by atoms with Crippen LogP contribution in [0.25, 0.3) is 5.57 Å². The van der Waals surface area contributed by atoms with Gasteiger partial charge in [-0.1, -0.05) is 19.1 Å². The van der Waals surface area contributed by atoms with Crippen LogP contribution in [-0.4, -0.2) is 27.5 Å². The lowest BCUT2D eigenvalue weighted by molar-refractivity contribution is -0.0259. The van der Waals surface area contributed by atoms with Crippen LogP contribution < -0.4 is 0 Å². The minimum atomic E-state index is -0.610. The summed E-state index contributed by atoms with van der Waals surface area (Å²) in [6.45, 7) is 2.12. The van der Waals surface area contributed by atoms with Gasteiger partial charge in [-0.05, 0) is 66.4 Å². The predicted octanol–water partition coefficient (Wildman–Crippen LogP) is 2.49. The van der Waals surface area contributed by atoms with Gasteiger partial charge in [-0.15, -0.1) is 0 Å². The topological polar surface area (TPSA) is 60.7 Å². The van der Waals surface area contributed by atoms with E-state index in [2.05, 4.69) is 13.0 Å². The molecule has 0 radical (unpaired) electrons. The van der Waals surface area contributed by atoms with E-state index in [0.717, 1.165) is 19.3 Å². The summed E-state index contributed by atoms with van der Waals surface area (Å²) >= 11 is 0. The second-order valence-electron chi connectivity index (χ2n) is 7.21. The van der Waals surface area contributed by atoms with Gasteiger partial charge in [0.05, 0.1) is 12.2 Å². The number of benzene rings is 1. The lowest BCUT2D eigenvalue weighted by Crippen LogP contribution is -2.41. The zero-order valence-electron chi connectivity index (χ0n) is 12.3. The molecule has 0 bridgehead atoms. The normalized spacial score (nSPS) is 41.0. The number of aliphatic hydroxyl groups excluding tert-OH is 2. The number of aromatic hydroxyl groups is 1. The van der Waals surface area contributed by atoms with Crippen molar-refractivity contribution in [2.45, 2.75) is 44.8 Å². The van der Waals surface area contributed by atoms with Gasteiger partial charge in [-0.25, -0.2) is 0 Å². The lowest BCUT2D eigenvalue weighted by Gasteiger charge is -2.45. The molecule has 1 aromatic carbocycles. The number of aliphatic hydroxyl groups is 2. The summed E-state index contributed by atoms with van der Waals surface area (Å²) in [4.78, 5) is 0. The minimum Gasteiger partial charge on any atom is -0.508 e. The highest BCUT2D eigenvalue weighted by molar-refractivity contribution is 5.73. The molecule has 21 heavy (non-hydrogen) atoms. The molecule has 0 spiro atoms. The van der Waals surface area contributed by atoms with Crippen LogP contribution >= 0.6 is 0 Å². The fourth-order valence-corrected chi connectivity index (χ4v) is 4.96. The van der Waals surface area contributed by atoms with E-state index < -0.39 is 12.2 Å². The third kappa shape index (κ3) is 1.74. The minimum absolute atomic E-state index is 0.192. The summed E-state index contributed by atoms with van der Waals surface area (Å²) < 4.78 is 0. The third-order valence-electron chi connectivity index (χ3n) is 6.15. The van der Waals surface area contributed by atoms with Crippen LogP contribution in [0, 0.1) is 17.3 Å². The molecule has 112 valence electrons. The second-order valence-corrected chi connectivity index (χ2v) is 7.21.